The molecule has 0 aliphatic heterocycles. The maximum Gasteiger partial charge on any atom is 0.247 e. The van der Waals surface area contributed by atoms with E-state index < -0.39 is 0 Å². The number of halogens is 1. The third-order valence-corrected chi connectivity index (χ3v) is 5.67. The van der Waals surface area contributed by atoms with Gasteiger partial charge < -0.3 is 15.0 Å². The number of nitrogens with zero attached hydrogens (tertiary/aromatic N) is 1. The summed E-state index contributed by atoms with van der Waals surface area (Å²) in [6.07, 6.45) is 2.98. The number of aromatic nitrogens is 2. The summed E-state index contributed by atoms with van der Waals surface area (Å²) in [7, 11) is 3.23. The Bertz CT molecular complexity index is 968. The van der Waals surface area contributed by atoms with Gasteiger partial charge in [-0.3, -0.25) is 4.79 Å². The second kappa shape index (κ2) is 7.49. The summed E-state index contributed by atoms with van der Waals surface area (Å²) in [4.78, 5) is 19.4. The van der Waals surface area contributed by atoms with Crippen LogP contribution in [0.1, 0.15) is 5.56 Å². The van der Waals surface area contributed by atoms with E-state index in [0.717, 1.165) is 44.2 Å². The highest BCUT2D eigenvalue weighted by Crippen LogP contribution is 2.43. The first-order chi connectivity index (χ1) is 12.1. The Morgan fingerprint density at radius 3 is 2.92 bits per heavy atom. The van der Waals surface area contributed by atoms with Crippen LogP contribution in [0.15, 0.2) is 48.1 Å². The minimum Gasteiger partial charge on any atom is -0.496 e. The minimum absolute atomic E-state index is 0.234. The first-order valence-corrected chi connectivity index (χ1v) is 10.8. The number of anilines is 1. The number of methoxy groups -OCH3 is 1. The van der Waals surface area contributed by atoms with Crippen molar-refractivity contribution >= 4 is 52.8 Å². The molecule has 0 radical (unpaired) electrons. The number of amides is 1. The van der Waals surface area contributed by atoms with Crippen molar-refractivity contribution in [1.29, 1.82) is 0 Å². The fourth-order valence-electron chi connectivity index (χ4n) is 2.66. The zero-order valence-electron chi connectivity index (χ0n) is 13.7. The Hall–Kier alpha value is -2.00. The Kier molecular flexibility index (Phi) is 5.33. The highest BCUT2D eigenvalue weighted by molar-refractivity contribution is 14.2. The van der Waals surface area contributed by atoms with Gasteiger partial charge in [0, 0.05) is 38.7 Å². The molecule has 25 heavy (non-hydrogen) atoms. The molecular weight excluding hydrogens is 449 g/mol. The highest BCUT2D eigenvalue weighted by atomic mass is 127. The Balaban J connectivity index is 2.24. The van der Waals surface area contributed by atoms with Crippen molar-refractivity contribution in [2.45, 2.75) is 11.9 Å². The number of nitrogens with one attached hydrogen (secondary N) is 2. The number of hydrogen-bond donors (Lipinski definition) is 2. The molecule has 1 aromatic carbocycles. The summed E-state index contributed by atoms with van der Waals surface area (Å²) >= 11 is 2.24. The molecule has 0 aliphatic carbocycles. The number of ether oxygens (including phenoxy) is 1. The van der Waals surface area contributed by atoms with Crippen molar-refractivity contribution in [3.63, 3.8) is 0 Å². The molecule has 2 aromatic heterocycles. The predicted molar refractivity (Wildman–Crippen MR) is 112 cm³/mol. The Morgan fingerprint density at radius 2 is 2.24 bits per heavy atom. The number of rotatable bonds is 5. The van der Waals surface area contributed by atoms with Gasteiger partial charge in [0.05, 0.1) is 17.5 Å². The van der Waals surface area contributed by atoms with Crippen molar-refractivity contribution in [2.75, 3.05) is 12.4 Å². The van der Waals surface area contributed by atoms with Crippen LogP contribution in [-0.4, -0.2) is 23.0 Å². The molecule has 3 rings (SSSR count). The van der Waals surface area contributed by atoms with E-state index >= 15 is 0 Å². The van der Waals surface area contributed by atoms with Gasteiger partial charge >= 0.3 is 0 Å². The van der Waals surface area contributed by atoms with Crippen molar-refractivity contribution < 1.29 is 9.53 Å². The summed E-state index contributed by atoms with van der Waals surface area (Å²) in [6, 6.07) is 7.82. The SMILES string of the molecule is C=CC(=O)Nc1cc(-c2c(SI)[nH]c3nccc(OC)c23)ccc1C. The van der Waals surface area contributed by atoms with Gasteiger partial charge in [0.25, 0.3) is 0 Å². The molecule has 128 valence electrons. The molecule has 0 spiro atoms. The monoisotopic (exact) mass is 465 g/mol. The molecule has 2 N–H and O–H groups in total. The van der Waals surface area contributed by atoms with E-state index in [1.54, 1.807) is 22.2 Å². The molecular formula is C18H16IN3O2S. The average molecular weight is 465 g/mol. The molecule has 2 heterocycles. The number of pyridine rings is 1. The van der Waals surface area contributed by atoms with E-state index in [0.29, 0.717) is 0 Å². The standard InChI is InChI=1S/C18H16IN3O2S/c1-4-14(23)21-12-9-11(6-5-10(12)2)15-16-13(24-3)7-8-20-17(16)22-18(15)25-19/h4-9H,1H2,2-3H3,(H,20,22)(H,21,23). The smallest absolute Gasteiger partial charge is 0.247 e. The van der Waals surface area contributed by atoms with Crippen LogP contribution in [0.3, 0.4) is 0 Å². The van der Waals surface area contributed by atoms with E-state index in [9.17, 15) is 4.79 Å². The van der Waals surface area contributed by atoms with Gasteiger partial charge in [-0.15, -0.1) is 0 Å². The lowest BCUT2D eigenvalue weighted by atomic mass is 10.0. The van der Waals surface area contributed by atoms with E-state index in [4.69, 9.17) is 4.74 Å². The fraction of sp³-hybridized carbons (Fsp3) is 0.111. The number of carbonyl (C=O) groups is 1. The zero-order chi connectivity index (χ0) is 18.0. The maximum atomic E-state index is 11.7. The van der Waals surface area contributed by atoms with E-state index in [1.165, 1.54) is 6.08 Å². The maximum absolute atomic E-state index is 11.7. The first kappa shape index (κ1) is 17.8. The number of aryl methyl sites for hydroxylation is 1. The zero-order valence-corrected chi connectivity index (χ0v) is 16.7. The molecule has 0 fully saturated rings. The van der Waals surface area contributed by atoms with Crippen LogP contribution >= 0.6 is 30.1 Å². The van der Waals surface area contributed by atoms with Crippen LogP contribution in [0.5, 0.6) is 5.75 Å². The lowest BCUT2D eigenvalue weighted by Gasteiger charge is -2.11. The van der Waals surface area contributed by atoms with Crippen LogP contribution in [-0.2, 0) is 4.79 Å². The lowest BCUT2D eigenvalue weighted by molar-refractivity contribution is -0.111. The second-order valence-corrected chi connectivity index (χ2v) is 7.25. The van der Waals surface area contributed by atoms with Gasteiger partial charge in [-0.05, 0) is 45.2 Å². The summed E-state index contributed by atoms with van der Waals surface area (Å²) in [5, 5.41) is 4.76. The number of aromatic amines is 1. The molecule has 0 unspecified atom stereocenters. The third-order valence-electron chi connectivity index (χ3n) is 3.89. The highest BCUT2D eigenvalue weighted by Gasteiger charge is 2.19. The molecule has 0 atom stereocenters. The number of carbonyl (C=O) groups excluding carboxylic acids is 1. The van der Waals surface area contributed by atoms with Gasteiger partial charge in [0.15, 0.2) is 0 Å². The quantitative estimate of drug-likeness (QED) is 0.406. The first-order valence-electron chi connectivity index (χ1n) is 7.46. The number of H-pyrrole nitrogens is 1. The van der Waals surface area contributed by atoms with Gasteiger partial charge in [-0.25, -0.2) is 4.98 Å². The number of fused-ring (bicyclic) bond motifs is 1. The van der Waals surface area contributed by atoms with Crippen molar-refractivity contribution in [1.82, 2.24) is 9.97 Å². The number of hydrogen-bond acceptors (Lipinski definition) is 4. The number of benzene rings is 1. The predicted octanol–water partition coefficient (Wildman–Crippen LogP) is 5.11. The molecule has 0 aliphatic rings. The van der Waals surface area contributed by atoms with Crippen LogP contribution in [0, 0.1) is 6.92 Å². The van der Waals surface area contributed by atoms with Gasteiger partial charge in [0.1, 0.15) is 11.4 Å². The average Bonchev–Trinajstić information content (AvgIpc) is 3.02. The molecule has 5 nitrogen and oxygen atoms in total. The van der Waals surface area contributed by atoms with Crippen LogP contribution in [0.4, 0.5) is 5.69 Å². The Labute approximate surface area is 161 Å². The normalized spacial score (nSPS) is 10.7. The van der Waals surface area contributed by atoms with Crippen LogP contribution < -0.4 is 10.1 Å². The molecule has 0 saturated carbocycles. The van der Waals surface area contributed by atoms with Crippen molar-refractivity contribution in [3.8, 4) is 16.9 Å². The van der Waals surface area contributed by atoms with E-state index in [1.807, 2.05) is 31.2 Å². The Morgan fingerprint density at radius 1 is 1.44 bits per heavy atom. The van der Waals surface area contributed by atoms with Gasteiger partial charge in [-0.2, -0.15) is 0 Å². The molecule has 7 heteroatoms. The molecule has 0 saturated heterocycles. The van der Waals surface area contributed by atoms with E-state index in [2.05, 4.69) is 43.1 Å². The molecule has 3 aromatic rings. The summed E-state index contributed by atoms with van der Waals surface area (Å²) in [5.41, 5.74) is 4.48. The van der Waals surface area contributed by atoms with Gasteiger partial charge in [0.2, 0.25) is 5.91 Å². The van der Waals surface area contributed by atoms with Crippen LogP contribution in [0.25, 0.3) is 22.2 Å². The van der Waals surface area contributed by atoms with E-state index in [-0.39, 0.29) is 5.91 Å². The minimum atomic E-state index is -0.234. The second-order valence-electron chi connectivity index (χ2n) is 5.37. The third kappa shape index (κ3) is 3.38. The summed E-state index contributed by atoms with van der Waals surface area (Å²) in [6.45, 7) is 5.46. The summed E-state index contributed by atoms with van der Waals surface area (Å²) < 4.78 is 5.53. The van der Waals surface area contributed by atoms with Crippen LogP contribution in [0.2, 0.25) is 0 Å². The molecule has 1 amide bonds. The topological polar surface area (TPSA) is 67.0 Å². The molecule has 0 bridgehead atoms. The van der Waals surface area contributed by atoms with Crippen molar-refractivity contribution in [2.24, 2.45) is 0 Å². The van der Waals surface area contributed by atoms with Gasteiger partial charge in [-0.1, -0.05) is 18.7 Å². The summed E-state index contributed by atoms with van der Waals surface area (Å²) in [5.74, 6) is 0.520. The largest absolute Gasteiger partial charge is 0.496 e. The lowest BCUT2D eigenvalue weighted by Crippen LogP contribution is -2.08. The van der Waals surface area contributed by atoms with Crippen molar-refractivity contribution in [3.05, 3.63) is 48.7 Å². The fourth-order valence-corrected chi connectivity index (χ4v) is 4.09.